The van der Waals surface area contributed by atoms with Crippen LogP contribution in [0.15, 0.2) is 36.5 Å². The predicted octanol–water partition coefficient (Wildman–Crippen LogP) is 3.05. The van der Waals surface area contributed by atoms with Gasteiger partial charge in [0, 0.05) is 23.6 Å². The van der Waals surface area contributed by atoms with Gasteiger partial charge in [-0.25, -0.2) is 9.37 Å². The molecule has 3 aromatic rings. The molecule has 2 N–H and O–H groups in total. The number of halogens is 1. The Hall–Kier alpha value is -2.47. The Kier molecular flexibility index (Phi) is 3.67. The number of hydrogen-bond donors (Lipinski definition) is 2. The van der Waals surface area contributed by atoms with E-state index in [0.29, 0.717) is 6.54 Å². The standard InChI is InChI=1S/C20H22FN5/c21-15-3-1-2-14(12-15)13-23-19-16-4-6-20(7-10-22-11-8-20)18(16)25-17-5-9-24-26(17)19/h1-3,5,9,12,22-23H,4,6-8,10-11,13H2. The lowest BCUT2D eigenvalue weighted by Gasteiger charge is -2.34. The zero-order valence-corrected chi connectivity index (χ0v) is 14.6. The van der Waals surface area contributed by atoms with Crippen LogP contribution in [-0.2, 0) is 18.4 Å². The van der Waals surface area contributed by atoms with Crippen LogP contribution >= 0.6 is 0 Å². The molecule has 1 saturated heterocycles. The average Bonchev–Trinajstić information content (AvgIpc) is 3.26. The van der Waals surface area contributed by atoms with Gasteiger partial charge in [-0.1, -0.05) is 12.1 Å². The lowest BCUT2D eigenvalue weighted by molar-refractivity contribution is 0.301. The van der Waals surface area contributed by atoms with Crippen molar-refractivity contribution in [2.24, 2.45) is 0 Å². The minimum Gasteiger partial charge on any atom is -0.366 e. The van der Waals surface area contributed by atoms with E-state index in [1.54, 1.807) is 18.3 Å². The summed E-state index contributed by atoms with van der Waals surface area (Å²) in [5.41, 5.74) is 4.52. The van der Waals surface area contributed by atoms with Crippen molar-refractivity contribution in [2.45, 2.75) is 37.6 Å². The van der Waals surface area contributed by atoms with Gasteiger partial charge in [-0.2, -0.15) is 9.61 Å². The second-order valence-corrected chi connectivity index (χ2v) is 7.40. The molecule has 1 aliphatic heterocycles. The zero-order chi connectivity index (χ0) is 17.6. The predicted molar refractivity (Wildman–Crippen MR) is 98.8 cm³/mol. The monoisotopic (exact) mass is 351 g/mol. The first kappa shape index (κ1) is 15.8. The van der Waals surface area contributed by atoms with Crippen LogP contribution in [0.2, 0.25) is 0 Å². The molecule has 0 atom stereocenters. The topological polar surface area (TPSA) is 54.2 Å². The third-order valence-electron chi connectivity index (χ3n) is 5.90. The summed E-state index contributed by atoms with van der Waals surface area (Å²) in [6.45, 7) is 2.67. The lowest BCUT2D eigenvalue weighted by Crippen LogP contribution is -2.39. The SMILES string of the molecule is Fc1cccc(CNc2c3c(nc4ccnn24)C2(CCNCC2)CC3)c1. The highest BCUT2D eigenvalue weighted by Gasteiger charge is 2.42. The van der Waals surface area contributed by atoms with E-state index in [1.165, 1.54) is 17.3 Å². The fourth-order valence-electron chi connectivity index (χ4n) is 4.54. The molecular formula is C20H22FN5. The van der Waals surface area contributed by atoms with E-state index in [4.69, 9.17) is 4.98 Å². The van der Waals surface area contributed by atoms with Crippen LogP contribution in [0.1, 0.15) is 36.1 Å². The molecular weight excluding hydrogens is 329 g/mol. The molecule has 0 bridgehead atoms. The molecule has 6 heteroatoms. The summed E-state index contributed by atoms with van der Waals surface area (Å²) in [4.78, 5) is 5.00. The molecule has 26 heavy (non-hydrogen) atoms. The molecule has 2 aliphatic rings. The summed E-state index contributed by atoms with van der Waals surface area (Å²) in [6, 6.07) is 8.69. The number of nitrogens with zero attached hydrogens (tertiary/aromatic N) is 3. The highest BCUT2D eigenvalue weighted by molar-refractivity contribution is 5.59. The molecule has 5 rings (SSSR count). The fraction of sp³-hybridized carbons (Fsp3) is 0.400. The maximum atomic E-state index is 13.5. The first-order valence-electron chi connectivity index (χ1n) is 9.31. The van der Waals surface area contributed by atoms with E-state index in [2.05, 4.69) is 15.7 Å². The maximum Gasteiger partial charge on any atom is 0.157 e. The van der Waals surface area contributed by atoms with Crippen LogP contribution in [0.4, 0.5) is 10.2 Å². The van der Waals surface area contributed by atoms with Crippen molar-refractivity contribution in [3.63, 3.8) is 0 Å². The van der Waals surface area contributed by atoms with Crippen molar-refractivity contribution in [1.82, 2.24) is 19.9 Å². The number of aromatic nitrogens is 3. The van der Waals surface area contributed by atoms with Crippen molar-refractivity contribution < 1.29 is 4.39 Å². The van der Waals surface area contributed by atoms with Crippen LogP contribution < -0.4 is 10.6 Å². The number of nitrogens with one attached hydrogen (secondary N) is 2. The molecule has 0 unspecified atom stereocenters. The van der Waals surface area contributed by atoms with Crippen LogP contribution in [0.3, 0.4) is 0 Å². The Morgan fingerprint density at radius 3 is 2.92 bits per heavy atom. The van der Waals surface area contributed by atoms with E-state index >= 15 is 0 Å². The Morgan fingerprint density at radius 2 is 2.08 bits per heavy atom. The van der Waals surface area contributed by atoms with Gasteiger partial charge in [0.1, 0.15) is 11.6 Å². The number of piperidine rings is 1. The van der Waals surface area contributed by atoms with Gasteiger partial charge in [0.2, 0.25) is 0 Å². The molecule has 1 fully saturated rings. The Balaban J connectivity index is 1.56. The molecule has 1 aliphatic carbocycles. The Labute approximate surface area is 151 Å². The van der Waals surface area contributed by atoms with Crippen molar-refractivity contribution in [2.75, 3.05) is 18.4 Å². The molecule has 0 radical (unpaired) electrons. The summed E-state index contributed by atoms with van der Waals surface area (Å²) < 4.78 is 15.4. The van der Waals surface area contributed by atoms with Crippen molar-refractivity contribution in [3.05, 3.63) is 59.2 Å². The third kappa shape index (κ3) is 2.48. The molecule has 134 valence electrons. The summed E-state index contributed by atoms with van der Waals surface area (Å²) in [5.74, 6) is 0.803. The van der Waals surface area contributed by atoms with Gasteiger partial charge in [-0.3, -0.25) is 0 Å². The van der Waals surface area contributed by atoms with Crippen LogP contribution in [0.25, 0.3) is 5.65 Å². The fourth-order valence-corrected chi connectivity index (χ4v) is 4.54. The minimum atomic E-state index is -0.206. The summed E-state index contributed by atoms with van der Waals surface area (Å²) in [7, 11) is 0. The van der Waals surface area contributed by atoms with E-state index < -0.39 is 0 Å². The van der Waals surface area contributed by atoms with Gasteiger partial charge < -0.3 is 10.6 Å². The summed E-state index contributed by atoms with van der Waals surface area (Å²) in [6.07, 6.45) is 6.24. The highest BCUT2D eigenvalue weighted by atomic mass is 19.1. The van der Waals surface area contributed by atoms with Gasteiger partial charge in [0.15, 0.2) is 5.65 Å². The number of benzene rings is 1. The molecule has 3 heterocycles. The molecule has 1 spiro atoms. The summed E-state index contributed by atoms with van der Waals surface area (Å²) in [5, 5.41) is 11.5. The lowest BCUT2D eigenvalue weighted by atomic mass is 9.77. The van der Waals surface area contributed by atoms with Gasteiger partial charge in [-0.05, 0) is 56.5 Å². The third-order valence-corrected chi connectivity index (χ3v) is 5.90. The highest BCUT2D eigenvalue weighted by Crippen LogP contribution is 2.46. The van der Waals surface area contributed by atoms with E-state index in [0.717, 1.165) is 55.8 Å². The minimum absolute atomic E-state index is 0.196. The average molecular weight is 351 g/mol. The van der Waals surface area contributed by atoms with Crippen molar-refractivity contribution in [1.29, 1.82) is 0 Å². The van der Waals surface area contributed by atoms with Crippen molar-refractivity contribution >= 4 is 11.5 Å². The van der Waals surface area contributed by atoms with Gasteiger partial charge in [0.05, 0.1) is 11.9 Å². The number of fused-ring (bicyclic) bond motifs is 3. The van der Waals surface area contributed by atoms with E-state index in [1.807, 2.05) is 16.6 Å². The molecule has 2 aromatic heterocycles. The van der Waals surface area contributed by atoms with Crippen LogP contribution in [0, 0.1) is 5.82 Å². The van der Waals surface area contributed by atoms with Crippen LogP contribution in [0.5, 0.6) is 0 Å². The number of rotatable bonds is 3. The van der Waals surface area contributed by atoms with E-state index in [-0.39, 0.29) is 11.2 Å². The van der Waals surface area contributed by atoms with Gasteiger partial charge in [0.25, 0.3) is 0 Å². The van der Waals surface area contributed by atoms with Gasteiger partial charge >= 0.3 is 0 Å². The molecule has 5 nitrogen and oxygen atoms in total. The molecule has 0 amide bonds. The Morgan fingerprint density at radius 1 is 1.19 bits per heavy atom. The maximum absolute atomic E-state index is 13.5. The van der Waals surface area contributed by atoms with Gasteiger partial charge in [-0.15, -0.1) is 0 Å². The first-order chi connectivity index (χ1) is 12.8. The quantitative estimate of drug-likeness (QED) is 0.762. The Bertz CT molecular complexity index is 958. The number of hydrogen-bond acceptors (Lipinski definition) is 4. The number of anilines is 1. The zero-order valence-electron chi connectivity index (χ0n) is 14.6. The van der Waals surface area contributed by atoms with Crippen molar-refractivity contribution in [3.8, 4) is 0 Å². The summed E-state index contributed by atoms with van der Waals surface area (Å²) >= 11 is 0. The first-order valence-corrected chi connectivity index (χ1v) is 9.31. The smallest absolute Gasteiger partial charge is 0.157 e. The second kappa shape index (κ2) is 6.06. The second-order valence-electron chi connectivity index (χ2n) is 7.40. The molecule has 1 aromatic carbocycles. The normalized spacial score (nSPS) is 18.3. The molecule has 0 saturated carbocycles. The largest absolute Gasteiger partial charge is 0.366 e. The van der Waals surface area contributed by atoms with E-state index in [9.17, 15) is 4.39 Å². The van der Waals surface area contributed by atoms with Crippen LogP contribution in [-0.4, -0.2) is 27.7 Å².